The molecule has 12 heteroatoms. The summed E-state index contributed by atoms with van der Waals surface area (Å²) in [6.07, 6.45) is 1.30. The molecule has 0 aromatic carbocycles. The molecule has 0 bridgehead atoms. The Morgan fingerprint density at radius 3 is 2.31 bits per heavy atom. The number of nitrogens with zero attached hydrogens (tertiary/aromatic N) is 6. The first-order chi connectivity index (χ1) is 15.1. The number of anilines is 1. The number of halogens is 1. The van der Waals surface area contributed by atoms with Gasteiger partial charge in [0.2, 0.25) is 5.91 Å². The summed E-state index contributed by atoms with van der Waals surface area (Å²) in [5.74, 6) is -0.421. The van der Waals surface area contributed by atoms with Crippen LogP contribution in [0.3, 0.4) is 0 Å². The zero-order valence-corrected chi connectivity index (χ0v) is 20.5. The van der Waals surface area contributed by atoms with Crippen molar-refractivity contribution in [2.75, 3.05) is 38.1 Å². The van der Waals surface area contributed by atoms with Crippen molar-refractivity contribution in [3.63, 3.8) is 0 Å². The van der Waals surface area contributed by atoms with Gasteiger partial charge in [0.1, 0.15) is 11.7 Å². The van der Waals surface area contributed by atoms with Crippen LogP contribution in [0.4, 0.5) is 10.5 Å². The van der Waals surface area contributed by atoms with E-state index in [0.29, 0.717) is 60.0 Å². The van der Waals surface area contributed by atoms with Crippen LogP contribution < -0.4 is 5.32 Å². The smallest absolute Gasteiger partial charge is 0.409 e. The maximum atomic E-state index is 13.0. The van der Waals surface area contributed by atoms with Crippen molar-refractivity contribution in [1.82, 2.24) is 29.4 Å². The third-order valence-corrected chi connectivity index (χ3v) is 6.35. The number of piperazine rings is 1. The summed E-state index contributed by atoms with van der Waals surface area (Å²) in [6, 6.07) is -0.556. The van der Waals surface area contributed by atoms with Crippen LogP contribution >= 0.6 is 15.9 Å². The largest absolute Gasteiger partial charge is 0.450 e. The molecule has 0 radical (unpaired) electrons. The van der Waals surface area contributed by atoms with Gasteiger partial charge in [-0.25, -0.2) is 4.79 Å². The topological polar surface area (TPSA) is 115 Å². The highest BCUT2D eigenvalue weighted by Crippen LogP contribution is 2.23. The molecule has 1 atom stereocenters. The van der Waals surface area contributed by atoms with Gasteiger partial charge in [0, 0.05) is 39.4 Å². The maximum Gasteiger partial charge on any atom is 0.409 e. The van der Waals surface area contributed by atoms with Gasteiger partial charge in [0.25, 0.3) is 5.91 Å². The zero-order chi connectivity index (χ0) is 23.6. The van der Waals surface area contributed by atoms with E-state index < -0.39 is 6.04 Å². The minimum Gasteiger partial charge on any atom is -0.450 e. The highest BCUT2D eigenvalue weighted by atomic mass is 79.9. The molecule has 1 N–H and O–H groups in total. The monoisotopic (exact) mass is 509 g/mol. The number of aryl methyl sites for hydroxylation is 3. The Morgan fingerprint density at radius 1 is 1.12 bits per heavy atom. The molecule has 1 aliphatic heterocycles. The number of hydrogen-bond acceptors (Lipinski definition) is 6. The standard InChI is InChI=1S/C20H28BrN7O4/c1-6-32-20(31)27-9-7-26(8-10-27)19(30)14(4)28-11-15(12(2)24-28)22-18(29)17-16(21)13(3)23-25(17)5/h11,14H,6-10H2,1-5H3,(H,22,29). The second-order valence-electron chi connectivity index (χ2n) is 7.62. The molecule has 174 valence electrons. The Balaban J connectivity index is 1.65. The number of nitrogens with one attached hydrogen (secondary N) is 1. The van der Waals surface area contributed by atoms with Crippen LogP contribution in [0.1, 0.15) is 41.8 Å². The van der Waals surface area contributed by atoms with Gasteiger partial charge in [-0.3, -0.25) is 19.0 Å². The molecule has 3 rings (SSSR count). The highest BCUT2D eigenvalue weighted by Gasteiger charge is 2.29. The fourth-order valence-corrected chi connectivity index (χ4v) is 4.08. The molecule has 2 aromatic heterocycles. The van der Waals surface area contributed by atoms with Crippen molar-refractivity contribution in [3.8, 4) is 0 Å². The number of amides is 3. The maximum absolute atomic E-state index is 13.0. The lowest BCUT2D eigenvalue weighted by atomic mass is 10.2. The Labute approximate surface area is 194 Å². The molecule has 1 unspecified atom stereocenters. The van der Waals surface area contributed by atoms with E-state index in [1.807, 2.05) is 6.92 Å². The average Bonchev–Trinajstić information content (AvgIpc) is 3.25. The second-order valence-corrected chi connectivity index (χ2v) is 8.41. The molecule has 2 aromatic rings. The molecule has 3 amide bonds. The normalized spacial score (nSPS) is 14.9. The van der Waals surface area contributed by atoms with Crippen LogP contribution in [0.2, 0.25) is 0 Å². The van der Waals surface area contributed by atoms with Crippen molar-refractivity contribution in [2.24, 2.45) is 7.05 Å². The van der Waals surface area contributed by atoms with Crippen molar-refractivity contribution in [2.45, 2.75) is 33.7 Å². The highest BCUT2D eigenvalue weighted by molar-refractivity contribution is 9.10. The van der Waals surface area contributed by atoms with Gasteiger partial charge in [0.15, 0.2) is 0 Å². The second kappa shape index (κ2) is 9.72. The zero-order valence-electron chi connectivity index (χ0n) is 18.9. The number of aromatic nitrogens is 4. The Bertz CT molecular complexity index is 1020. The van der Waals surface area contributed by atoms with E-state index in [1.165, 1.54) is 4.68 Å². The van der Waals surface area contributed by atoms with Gasteiger partial charge in [-0.15, -0.1) is 0 Å². The first kappa shape index (κ1) is 23.8. The summed E-state index contributed by atoms with van der Waals surface area (Å²) < 4.78 is 8.71. The number of rotatable bonds is 5. The van der Waals surface area contributed by atoms with Gasteiger partial charge in [-0.05, 0) is 43.6 Å². The first-order valence-electron chi connectivity index (χ1n) is 10.4. The van der Waals surface area contributed by atoms with Crippen molar-refractivity contribution < 1.29 is 19.1 Å². The minimum absolute atomic E-state index is 0.0983. The van der Waals surface area contributed by atoms with E-state index in [0.717, 1.165) is 0 Å². The molecule has 0 saturated carbocycles. The van der Waals surface area contributed by atoms with E-state index in [1.54, 1.807) is 48.5 Å². The van der Waals surface area contributed by atoms with Crippen molar-refractivity contribution in [3.05, 3.63) is 27.8 Å². The predicted octanol–water partition coefficient (Wildman–Crippen LogP) is 2.11. The van der Waals surface area contributed by atoms with Gasteiger partial charge >= 0.3 is 6.09 Å². The molecule has 3 heterocycles. The lowest BCUT2D eigenvalue weighted by Gasteiger charge is -2.35. The number of carbonyl (C=O) groups excluding carboxylic acids is 3. The third kappa shape index (κ3) is 4.79. The number of hydrogen-bond donors (Lipinski definition) is 1. The van der Waals surface area contributed by atoms with E-state index in [-0.39, 0.29) is 17.9 Å². The van der Waals surface area contributed by atoms with Gasteiger partial charge < -0.3 is 19.9 Å². The number of carbonyl (C=O) groups is 3. The molecule has 0 aliphatic carbocycles. The molecule has 1 fully saturated rings. The molecule has 1 aliphatic rings. The molecular weight excluding hydrogens is 482 g/mol. The summed E-state index contributed by atoms with van der Waals surface area (Å²) in [4.78, 5) is 40.9. The summed E-state index contributed by atoms with van der Waals surface area (Å²) in [5.41, 5.74) is 2.23. The minimum atomic E-state index is -0.556. The lowest BCUT2D eigenvalue weighted by Crippen LogP contribution is -2.52. The average molecular weight is 510 g/mol. The van der Waals surface area contributed by atoms with E-state index in [2.05, 4.69) is 31.4 Å². The van der Waals surface area contributed by atoms with Crippen LogP contribution in [0.15, 0.2) is 10.7 Å². The van der Waals surface area contributed by atoms with Crippen LogP contribution in [-0.4, -0.2) is 80.1 Å². The molecule has 32 heavy (non-hydrogen) atoms. The Morgan fingerprint density at radius 2 is 1.75 bits per heavy atom. The SMILES string of the molecule is CCOC(=O)N1CCN(C(=O)C(C)n2cc(NC(=O)c3c(Br)c(C)nn3C)c(C)n2)CC1. The Kier molecular flexibility index (Phi) is 7.22. The molecular formula is C20H28BrN7O4. The molecule has 0 spiro atoms. The molecule has 1 saturated heterocycles. The summed E-state index contributed by atoms with van der Waals surface area (Å²) >= 11 is 3.40. The molecule has 11 nitrogen and oxygen atoms in total. The third-order valence-electron chi connectivity index (χ3n) is 5.40. The van der Waals surface area contributed by atoms with E-state index in [4.69, 9.17) is 4.74 Å². The summed E-state index contributed by atoms with van der Waals surface area (Å²) in [5, 5.41) is 11.5. The van der Waals surface area contributed by atoms with Gasteiger partial charge in [0.05, 0.1) is 28.2 Å². The van der Waals surface area contributed by atoms with Gasteiger partial charge in [-0.1, -0.05) is 0 Å². The van der Waals surface area contributed by atoms with Crippen molar-refractivity contribution in [1.29, 1.82) is 0 Å². The quantitative estimate of drug-likeness (QED) is 0.659. The van der Waals surface area contributed by atoms with Crippen LogP contribution in [0.5, 0.6) is 0 Å². The van der Waals surface area contributed by atoms with Crippen LogP contribution in [0.25, 0.3) is 0 Å². The van der Waals surface area contributed by atoms with Crippen molar-refractivity contribution >= 4 is 39.5 Å². The summed E-state index contributed by atoms with van der Waals surface area (Å²) in [6.45, 7) is 9.14. The van der Waals surface area contributed by atoms with Crippen LogP contribution in [0, 0.1) is 13.8 Å². The number of ether oxygens (including phenoxy) is 1. The lowest BCUT2D eigenvalue weighted by molar-refractivity contribution is -0.136. The fourth-order valence-electron chi connectivity index (χ4n) is 3.56. The Hall–Kier alpha value is -2.89. The fraction of sp³-hybridized carbons (Fsp3) is 0.550. The van der Waals surface area contributed by atoms with E-state index >= 15 is 0 Å². The van der Waals surface area contributed by atoms with E-state index in [9.17, 15) is 14.4 Å². The first-order valence-corrected chi connectivity index (χ1v) is 11.2. The summed E-state index contributed by atoms with van der Waals surface area (Å²) in [7, 11) is 1.70. The predicted molar refractivity (Wildman–Crippen MR) is 120 cm³/mol. The van der Waals surface area contributed by atoms with Gasteiger partial charge in [-0.2, -0.15) is 10.2 Å². The van der Waals surface area contributed by atoms with Crippen LogP contribution in [-0.2, 0) is 16.6 Å².